The first-order valence-electron chi connectivity index (χ1n) is 6.82. The number of carbonyl (C=O) groups is 1. The minimum atomic E-state index is -0.690. The number of nitrogens with one attached hydrogen (secondary N) is 1. The average molecular weight is 315 g/mol. The maximum Gasteiger partial charge on any atom is 0.251 e. The quantitative estimate of drug-likeness (QED) is 0.890. The summed E-state index contributed by atoms with van der Waals surface area (Å²) < 4.78 is 0. The lowest BCUT2D eigenvalue weighted by atomic mass is 10.1. The lowest BCUT2D eigenvalue weighted by Gasteiger charge is -2.12. The van der Waals surface area contributed by atoms with Gasteiger partial charge >= 0.3 is 0 Å². The smallest absolute Gasteiger partial charge is 0.251 e. The molecule has 0 radical (unpaired) electrons. The minimum absolute atomic E-state index is 0.268. The first-order valence-corrected chi connectivity index (χ1v) is 7.20. The van der Waals surface area contributed by atoms with Gasteiger partial charge in [-0.15, -0.1) is 0 Å². The molecule has 0 bridgehead atoms. The number of halogens is 1. The van der Waals surface area contributed by atoms with E-state index in [1.807, 2.05) is 6.07 Å². The van der Waals surface area contributed by atoms with E-state index in [0.717, 1.165) is 0 Å². The molecular weight excluding hydrogens is 300 g/mol. The van der Waals surface area contributed by atoms with E-state index < -0.39 is 6.10 Å². The number of nitriles is 1. The maximum atomic E-state index is 12.0. The molecule has 22 heavy (non-hydrogen) atoms. The van der Waals surface area contributed by atoms with Crippen LogP contribution in [0.4, 0.5) is 0 Å². The summed E-state index contributed by atoms with van der Waals surface area (Å²) in [4.78, 5) is 12.0. The van der Waals surface area contributed by atoms with Crippen LogP contribution in [0.3, 0.4) is 0 Å². The second-order valence-electron chi connectivity index (χ2n) is 4.81. The zero-order valence-corrected chi connectivity index (χ0v) is 12.5. The number of aliphatic hydroxyl groups is 1. The topological polar surface area (TPSA) is 73.1 Å². The molecule has 0 heterocycles. The van der Waals surface area contributed by atoms with Gasteiger partial charge in [-0.1, -0.05) is 29.8 Å². The molecule has 0 spiro atoms. The lowest BCUT2D eigenvalue weighted by Crippen LogP contribution is -2.25. The van der Waals surface area contributed by atoms with Gasteiger partial charge in [0.25, 0.3) is 5.91 Å². The predicted molar refractivity (Wildman–Crippen MR) is 84.5 cm³/mol. The summed E-state index contributed by atoms with van der Waals surface area (Å²) in [7, 11) is 0. The standard InChI is InChI=1S/C17H15ClN2O2/c18-15-6-2-4-13(10-15)16(21)7-8-20-17(22)14-5-1-3-12(9-14)11-19/h1-6,9-10,16,21H,7-8H2,(H,20,22)/t16-/m0/s1. The SMILES string of the molecule is N#Cc1cccc(C(=O)NCC[C@H](O)c2cccc(Cl)c2)c1. The Labute approximate surface area is 134 Å². The summed E-state index contributed by atoms with van der Waals surface area (Å²) in [6, 6.07) is 15.5. The molecule has 2 rings (SSSR count). The van der Waals surface area contributed by atoms with Crippen LogP contribution in [0.2, 0.25) is 5.02 Å². The van der Waals surface area contributed by atoms with E-state index in [1.54, 1.807) is 42.5 Å². The van der Waals surface area contributed by atoms with E-state index in [9.17, 15) is 9.90 Å². The van der Waals surface area contributed by atoms with Gasteiger partial charge in [-0.2, -0.15) is 5.26 Å². The van der Waals surface area contributed by atoms with Crippen LogP contribution in [0.15, 0.2) is 48.5 Å². The van der Waals surface area contributed by atoms with Crippen molar-refractivity contribution in [1.82, 2.24) is 5.32 Å². The zero-order valence-electron chi connectivity index (χ0n) is 11.8. The van der Waals surface area contributed by atoms with E-state index in [1.165, 1.54) is 6.07 Å². The van der Waals surface area contributed by atoms with Crippen LogP contribution in [0.1, 0.15) is 34.0 Å². The summed E-state index contributed by atoms with van der Waals surface area (Å²) in [5, 5.41) is 22.2. The monoisotopic (exact) mass is 314 g/mol. The van der Waals surface area contributed by atoms with Crippen LogP contribution in [-0.4, -0.2) is 17.6 Å². The van der Waals surface area contributed by atoms with E-state index in [4.69, 9.17) is 16.9 Å². The summed E-state index contributed by atoms with van der Waals surface area (Å²) >= 11 is 5.87. The van der Waals surface area contributed by atoms with Gasteiger partial charge in [0.15, 0.2) is 0 Å². The van der Waals surface area contributed by atoms with Crippen LogP contribution in [0.5, 0.6) is 0 Å². The number of benzene rings is 2. The van der Waals surface area contributed by atoms with E-state index in [0.29, 0.717) is 34.7 Å². The largest absolute Gasteiger partial charge is 0.388 e. The number of rotatable bonds is 5. The van der Waals surface area contributed by atoms with Gasteiger partial charge in [-0.25, -0.2) is 0 Å². The van der Waals surface area contributed by atoms with Crippen molar-refractivity contribution in [2.75, 3.05) is 6.54 Å². The molecular formula is C17H15ClN2O2. The van der Waals surface area contributed by atoms with Crippen molar-refractivity contribution < 1.29 is 9.90 Å². The Morgan fingerprint density at radius 3 is 2.77 bits per heavy atom. The van der Waals surface area contributed by atoms with Gasteiger partial charge in [0.2, 0.25) is 0 Å². The molecule has 2 aromatic rings. The Morgan fingerprint density at radius 2 is 2.05 bits per heavy atom. The van der Waals surface area contributed by atoms with Crippen molar-refractivity contribution in [1.29, 1.82) is 5.26 Å². The third kappa shape index (κ3) is 4.32. The highest BCUT2D eigenvalue weighted by molar-refractivity contribution is 6.30. The number of hydrogen-bond acceptors (Lipinski definition) is 3. The van der Waals surface area contributed by atoms with Crippen molar-refractivity contribution in [3.05, 3.63) is 70.2 Å². The van der Waals surface area contributed by atoms with Gasteiger partial charge in [0.05, 0.1) is 17.7 Å². The van der Waals surface area contributed by atoms with E-state index >= 15 is 0 Å². The predicted octanol–water partition coefficient (Wildman–Crippen LogP) is 3.07. The summed E-state index contributed by atoms with van der Waals surface area (Å²) in [6.45, 7) is 0.323. The van der Waals surface area contributed by atoms with Crippen LogP contribution < -0.4 is 5.32 Å². The van der Waals surface area contributed by atoms with Crippen LogP contribution in [-0.2, 0) is 0 Å². The molecule has 4 nitrogen and oxygen atoms in total. The number of nitrogens with zero attached hydrogens (tertiary/aromatic N) is 1. The number of carbonyl (C=O) groups excluding carboxylic acids is 1. The third-order valence-electron chi connectivity index (χ3n) is 3.19. The molecule has 1 amide bonds. The molecule has 112 valence electrons. The fourth-order valence-electron chi connectivity index (χ4n) is 2.03. The van der Waals surface area contributed by atoms with E-state index in [2.05, 4.69) is 5.32 Å². The maximum absolute atomic E-state index is 12.0. The number of hydrogen-bond donors (Lipinski definition) is 2. The fourth-order valence-corrected chi connectivity index (χ4v) is 2.23. The lowest BCUT2D eigenvalue weighted by molar-refractivity contribution is 0.0942. The normalized spacial score (nSPS) is 11.5. The highest BCUT2D eigenvalue weighted by Gasteiger charge is 2.10. The van der Waals surface area contributed by atoms with Gasteiger partial charge in [-0.3, -0.25) is 4.79 Å². The highest BCUT2D eigenvalue weighted by atomic mass is 35.5. The highest BCUT2D eigenvalue weighted by Crippen LogP contribution is 2.19. The van der Waals surface area contributed by atoms with E-state index in [-0.39, 0.29) is 5.91 Å². The van der Waals surface area contributed by atoms with Gasteiger partial charge in [-0.05, 0) is 42.3 Å². The summed E-state index contributed by atoms with van der Waals surface area (Å²) in [5.41, 5.74) is 1.58. The molecule has 0 saturated carbocycles. The molecule has 0 aliphatic carbocycles. The van der Waals surface area contributed by atoms with Crippen molar-refractivity contribution in [3.63, 3.8) is 0 Å². The summed E-state index contributed by atoms with van der Waals surface area (Å²) in [5.74, 6) is -0.268. The molecule has 0 unspecified atom stereocenters. The minimum Gasteiger partial charge on any atom is -0.388 e. The molecule has 1 atom stereocenters. The molecule has 0 saturated heterocycles. The zero-order chi connectivity index (χ0) is 15.9. The molecule has 2 N–H and O–H groups in total. The Bertz CT molecular complexity index is 710. The second kappa shape index (κ2) is 7.60. The molecule has 0 aromatic heterocycles. The first-order chi connectivity index (χ1) is 10.6. The number of amides is 1. The Morgan fingerprint density at radius 1 is 1.27 bits per heavy atom. The van der Waals surface area contributed by atoms with Crippen LogP contribution >= 0.6 is 11.6 Å². The van der Waals surface area contributed by atoms with Crippen molar-refractivity contribution >= 4 is 17.5 Å². The van der Waals surface area contributed by atoms with Crippen LogP contribution in [0.25, 0.3) is 0 Å². The Hall–Kier alpha value is -2.35. The molecule has 0 fully saturated rings. The van der Waals surface area contributed by atoms with Crippen molar-refractivity contribution in [2.45, 2.75) is 12.5 Å². The second-order valence-corrected chi connectivity index (χ2v) is 5.24. The summed E-state index contributed by atoms with van der Waals surface area (Å²) in [6.07, 6.45) is -0.311. The molecule has 2 aromatic carbocycles. The molecule has 0 aliphatic heterocycles. The molecule has 5 heteroatoms. The fraction of sp³-hybridized carbons (Fsp3) is 0.176. The van der Waals surface area contributed by atoms with Gasteiger partial charge in [0, 0.05) is 17.1 Å². The first kappa shape index (κ1) is 16.0. The van der Waals surface area contributed by atoms with Gasteiger partial charge in [0.1, 0.15) is 0 Å². The van der Waals surface area contributed by atoms with Crippen LogP contribution in [0, 0.1) is 11.3 Å². The number of aliphatic hydroxyl groups excluding tert-OH is 1. The van der Waals surface area contributed by atoms with Crippen molar-refractivity contribution in [3.8, 4) is 6.07 Å². The van der Waals surface area contributed by atoms with Gasteiger partial charge < -0.3 is 10.4 Å². The Kier molecular flexibility index (Phi) is 5.54. The third-order valence-corrected chi connectivity index (χ3v) is 3.43. The van der Waals surface area contributed by atoms with Crippen molar-refractivity contribution in [2.24, 2.45) is 0 Å². The Balaban J connectivity index is 1.88. The molecule has 0 aliphatic rings. The average Bonchev–Trinajstić information content (AvgIpc) is 2.54.